The number of rotatable bonds is 4. The average Bonchev–Trinajstić information content (AvgIpc) is 2.86. The van der Waals surface area contributed by atoms with Crippen LogP contribution >= 0.6 is 0 Å². The number of allylic oxidation sites excluding steroid dienone is 2. The van der Waals surface area contributed by atoms with Crippen molar-refractivity contribution in [2.45, 2.75) is 0 Å². The first-order valence-corrected chi connectivity index (χ1v) is 10.1. The van der Waals surface area contributed by atoms with Crippen LogP contribution in [0.25, 0.3) is 16.7 Å². The van der Waals surface area contributed by atoms with Gasteiger partial charge in [-0.1, -0.05) is 66.7 Å². The molecule has 5 heteroatoms. The normalized spacial score (nSPS) is 9.39. The van der Waals surface area contributed by atoms with E-state index in [9.17, 15) is 21.0 Å². The average molecular weight is 425 g/mol. The molecule has 0 aliphatic carbocycles. The first-order valence-electron chi connectivity index (χ1n) is 10.1. The van der Waals surface area contributed by atoms with Crippen LogP contribution in [0.3, 0.4) is 0 Å². The summed E-state index contributed by atoms with van der Waals surface area (Å²) in [6.45, 7) is 0. The molecule has 0 heterocycles. The fourth-order valence-corrected chi connectivity index (χ4v) is 3.49. The molecule has 3 rings (SSSR count). The second-order valence-electron chi connectivity index (χ2n) is 7.33. The number of hydrogen-bond donors (Lipinski definition) is 0. The quantitative estimate of drug-likeness (QED) is 0.594. The highest BCUT2D eigenvalue weighted by atomic mass is 15.1. The van der Waals surface area contributed by atoms with Gasteiger partial charge in [-0.3, -0.25) is 0 Å². The molecule has 156 valence electrons. The van der Waals surface area contributed by atoms with Crippen LogP contribution in [0.5, 0.6) is 0 Å². The smallest absolute Gasteiger partial charge is 0.138 e. The van der Waals surface area contributed by atoms with Gasteiger partial charge in [0.25, 0.3) is 0 Å². The predicted octanol–water partition coefficient (Wildman–Crippen LogP) is 3.65. The Balaban J connectivity index is 2.46. The van der Waals surface area contributed by atoms with Gasteiger partial charge in [-0.15, -0.1) is 0 Å². The van der Waals surface area contributed by atoms with E-state index in [0.29, 0.717) is 16.4 Å². The molecular weight excluding hydrogens is 406 g/mol. The van der Waals surface area contributed by atoms with Crippen molar-refractivity contribution in [3.63, 3.8) is 0 Å². The lowest BCUT2D eigenvalue weighted by atomic mass is 9.87. The van der Waals surface area contributed by atoms with Gasteiger partial charge >= 0.3 is 0 Å². The zero-order valence-corrected chi connectivity index (χ0v) is 18.2. The Labute approximate surface area is 192 Å². The van der Waals surface area contributed by atoms with Crippen molar-refractivity contribution in [2.24, 2.45) is 0 Å². The lowest BCUT2D eigenvalue weighted by molar-refractivity contribution is 1.13. The fourth-order valence-electron chi connectivity index (χ4n) is 3.49. The standard InChI is InChI=1S/C28H19N5/c1-33(2)26-14-12-23(13-15-26)27(22-10-8-20(9-11-22)24(16-29)17-30)28(25(18-31)19-32)21-6-4-3-5-7-21/h3-15H,1-2H3. The minimum Gasteiger partial charge on any atom is -0.378 e. The molecule has 0 unspecified atom stereocenters. The maximum Gasteiger partial charge on any atom is 0.138 e. The van der Waals surface area contributed by atoms with Gasteiger partial charge in [-0.2, -0.15) is 21.0 Å². The number of nitriles is 4. The van der Waals surface area contributed by atoms with Crippen molar-refractivity contribution in [1.82, 2.24) is 0 Å². The summed E-state index contributed by atoms with van der Waals surface area (Å²) in [7, 11) is 3.91. The van der Waals surface area contributed by atoms with Crippen LogP contribution in [0.15, 0.2) is 84.4 Å². The Bertz CT molecular complexity index is 1440. The van der Waals surface area contributed by atoms with Gasteiger partial charge in [0, 0.05) is 30.6 Å². The molecule has 0 aromatic heterocycles. The highest BCUT2D eigenvalue weighted by Crippen LogP contribution is 2.32. The van der Waals surface area contributed by atoms with Crippen LogP contribution in [0.4, 0.5) is 5.69 Å². The van der Waals surface area contributed by atoms with E-state index in [2.05, 4.69) is 0 Å². The Hall–Kier alpha value is -5.10. The molecule has 3 aromatic rings. The van der Waals surface area contributed by atoms with Crippen LogP contribution in [-0.4, -0.2) is 14.1 Å². The second kappa shape index (κ2) is 10.3. The molecule has 0 aliphatic heterocycles. The molecule has 0 fully saturated rings. The van der Waals surface area contributed by atoms with Gasteiger partial charge in [-0.05, 0) is 34.1 Å². The third kappa shape index (κ3) is 4.81. The fraction of sp³-hybridized carbons (Fsp3) is 0.0714. The number of nitrogens with zero attached hydrogens (tertiary/aromatic N) is 5. The zero-order valence-electron chi connectivity index (χ0n) is 18.2. The Morgan fingerprint density at radius 1 is 0.606 bits per heavy atom. The molecule has 0 atom stereocenters. The minimum atomic E-state index is -0.00161. The Morgan fingerprint density at radius 2 is 1.15 bits per heavy atom. The van der Waals surface area contributed by atoms with Crippen molar-refractivity contribution in [3.05, 3.63) is 106 Å². The molecule has 33 heavy (non-hydrogen) atoms. The molecule has 3 aromatic carbocycles. The summed E-state index contributed by atoms with van der Waals surface area (Å²) in [6.07, 6.45) is 0. The van der Waals surface area contributed by atoms with Crippen LogP contribution in [0.2, 0.25) is 0 Å². The number of anilines is 1. The molecule has 0 N–H and O–H groups in total. The van der Waals surface area contributed by atoms with Crippen molar-refractivity contribution < 1.29 is 0 Å². The molecule has 0 amide bonds. The molecule has 0 spiro atoms. The molecule has 0 radical (unpaired) electrons. The van der Waals surface area contributed by atoms with E-state index in [1.807, 2.05) is 97.9 Å². The van der Waals surface area contributed by atoms with Crippen molar-refractivity contribution >= 4 is 22.4 Å². The largest absolute Gasteiger partial charge is 0.378 e. The summed E-state index contributed by atoms with van der Waals surface area (Å²) in [5, 5.41) is 39.2. The summed E-state index contributed by atoms with van der Waals surface area (Å²) >= 11 is 0. The van der Waals surface area contributed by atoms with E-state index in [-0.39, 0.29) is 11.1 Å². The number of benzene rings is 3. The summed E-state index contributed by atoms with van der Waals surface area (Å²) in [5.41, 5.74) is 3.85. The van der Waals surface area contributed by atoms with E-state index < -0.39 is 0 Å². The molecule has 5 nitrogen and oxygen atoms in total. The third-order valence-electron chi connectivity index (χ3n) is 5.14. The Morgan fingerprint density at radius 3 is 1.64 bits per heavy atom. The van der Waals surface area contributed by atoms with Gasteiger partial charge < -0.3 is 4.90 Å². The minimum absolute atomic E-state index is 0.00161. The van der Waals surface area contributed by atoms with Crippen molar-refractivity contribution in [3.8, 4) is 24.3 Å². The van der Waals surface area contributed by atoms with Crippen LogP contribution < -0.4 is 15.3 Å². The SMILES string of the molecule is CN(C)c1ccc(C(C(=C(C#N)C#N)c2ccccc2)=c2ccc(=C(C#N)C#N)cc2)cc1. The zero-order chi connectivity index (χ0) is 23.8. The highest BCUT2D eigenvalue weighted by molar-refractivity contribution is 6.07. The van der Waals surface area contributed by atoms with Crippen molar-refractivity contribution in [2.75, 3.05) is 19.0 Å². The summed E-state index contributed by atoms with van der Waals surface area (Å²) in [6, 6.07) is 32.1. The lowest BCUT2D eigenvalue weighted by Crippen LogP contribution is -2.14. The summed E-state index contributed by atoms with van der Waals surface area (Å²) in [4.78, 5) is 1.99. The summed E-state index contributed by atoms with van der Waals surface area (Å²) < 4.78 is 0. The molecule has 0 aliphatic rings. The van der Waals surface area contributed by atoms with E-state index >= 15 is 0 Å². The van der Waals surface area contributed by atoms with Gasteiger partial charge in [0.15, 0.2) is 0 Å². The molecular formula is C28H19N5. The Kier molecular flexibility index (Phi) is 7.03. The van der Waals surface area contributed by atoms with Gasteiger partial charge in [0.1, 0.15) is 35.4 Å². The van der Waals surface area contributed by atoms with Crippen LogP contribution in [0, 0.1) is 45.3 Å². The number of hydrogen-bond acceptors (Lipinski definition) is 5. The molecule has 0 bridgehead atoms. The molecule has 0 saturated carbocycles. The maximum absolute atomic E-state index is 9.77. The highest BCUT2D eigenvalue weighted by Gasteiger charge is 2.17. The second-order valence-corrected chi connectivity index (χ2v) is 7.33. The van der Waals surface area contributed by atoms with E-state index in [1.54, 1.807) is 24.3 Å². The monoisotopic (exact) mass is 425 g/mol. The summed E-state index contributed by atoms with van der Waals surface area (Å²) in [5.74, 6) is 0. The van der Waals surface area contributed by atoms with Gasteiger partial charge in [0.05, 0.1) is 0 Å². The predicted molar refractivity (Wildman–Crippen MR) is 128 cm³/mol. The topological polar surface area (TPSA) is 98.4 Å². The first-order chi connectivity index (χ1) is 16.0. The van der Waals surface area contributed by atoms with Gasteiger partial charge in [0.2, 0.25) is 0 Å². The van der Waals surface area contributed by atoms with Gasteiger partial charge in [-0.25, -0.2) is 0 Å². The van der Waals surface area contributed by atoms with E-state index in [1.165, 1.54) is 0 Å². The van der Waals surface area contributed by atoms with E-state index in [4.69, 9.17) is 0 Å². The van der Waals surface area contributed by atoms with E-state index in [0.717, 1.165) is 22.0 Å². The van der Waals surface area contributed by atoms with Crippen molar-refractivity contribution in [1.29, 1.82) is 21.0 Å². The lowest BCUT2D eigenvalue weighted by Gasteiger charge is -2.17. The van der Waals surface area contributed by atoms with Crippen LogP contribution in [-0.2, 0) is 0 Å². The molecule has 0 saturated heterocycles. The maximum atomic E-state index is 9.77. The van der Waals surface area contributed by atoms with Crippen LogP contribution in [0.1, 0.15) is 11.1 Å². The first kappa shape index (κ1) is 22.6. The third-order valence-corrected chi connectivity index (χ3v) is 5.14.